The molecule has 0 atom stereocenters. The van der Waals surface area contributed by atoms with Gasteiger partial charge in [-0.3, -0.25) is 20.4 Å². The van der Waals surface area contributed by atoms with Gasteiger partial charge in [-0.1, -0.05) is 18.2 Å². The van der Waals surface area contributed by atoms with Crippen molar-refractivity contribution in [1.82, 2.24) is 10.9 Å². The molecule has 0 saturated carbocycles. The number of carbonyl (C=O) groups is 2. The van der Waals surface area contributed by atoms with Crippen LogP contribution in [0.25, 0.3) is 6.08 Å². The second-order valence-corrected chi connectivity index (χ2v) is 5.09. The van der Waals surface area contributed by atoms with Crippen molar-refractivity contribution < 1.29 is 23.8 Å². The van der Waals surface area contributed by atoms with Crippen molar-refractivity contribution >= 4 is 17.9 Å². The van der Waals surface area contributed by atoms with Gasteiger partial charge in [-0.2, -0.15) is 0 Å². The largest absolute Gasteiger partial charge is 0.496 e. The lowest BCUT2D eigenvalue weighted by Gasteiger charge is -2.06. The highest BCUT2D eigenvalue weighted by Gasteiger charge is 2.16. The predicted molar refractivity (Wildman–Crippen MR) is 90.2 cm³/mol. The van der Waals surface area contributed by atoms with Crippen LogP contribution < -0.4 is 25.1 Å². The van der Waals surface area contributed by atoms with Gasteiger partial charge in [0, 0.05) is 17.2 Å². The van der Waals surface area contributed by atoms with E-state index < -0.39 is 11.8 Å². The topological polar surface area (TPSA) is 85.9 Å². The lowest BCUT2D eigenvalue weighted by molar-refractivity contribution is -0.117. The standard InChI is InChI=1S/C18H16N2O5/c1-23-14-5-3-2-4-12(14)7-9-17(21)19-20-18(22)13-6-8-15-16(10-13)25-11-24-15/h2-10H,11H2,1H3,(H,19,21)(H,20,22)/b9-7+. The third-order valence-electron chi connectivity index (χ3n) is 3.49. The highest BCUT2D eigenvalue weighted by molar-refractivity contribution is 5.98. The summed E-state index contributed by atoms with van der Waals surface area (Å²) in [6.07, 6.45) is 2.90. The van der Waals surface area contributed by atoms with Crippen LogP contribution in [0.1, 0.15) is 15.9 Å². The molecule has 0 aromatic heterocycles. The molecule has 1 aliphatic heterocycles. The summed E-state index contributed by atoms with van der Waals surface area (Å²) in [4.78, 5) is 23.9. The molecule has 2 aromatic rings. The normalized spacial score (nSPS) is 12.0. The molecular weight excluding hydrogens is 324 g/mol. The average molecular weight is 340 g/mol. The molecule has 0 unspecified atom stereocenters. The predicted octanol–water partition coefficient (Wildman–Crippen LogP) is 1.90. The maximum absolute atomic E-state index is 12.1. The van der Waals surface area contributed by atoms with Crippen LogP contribution in [-0.2, 0) is 4.79 Å². The summed E-state index contributed by atoms with van der Waals surface area (Å²) < 4.78 is 15.6. The van der Waals surface area contributed by atoms with Gasteiger partial charge in [0.2, 0.25) is 6.79 Å². The average Bonchev–Trinajstić information content (AvgIpc) is 3.12. The fraction of sp³-hybridized carbons (Fsp3) is 0.111. The molecule has 1 heterocycles. The van der Waals surface area contributed by atoms with E-state index in [0.717, 1.165) is 5.56 Å². The summed E-state index contributed by atoms with van der Waals surface area (Å²) in [5.41, 5.74) is 5.75. The summed E-state index contributed by atoms with van der Waals surface area (Å²) in [6.45, 7) is 0.130. The quantitative estimate of drug-likeness (QED) is 0.656. The SMILES string of the molecule is COc1ccccc1/C=C/C(=O)NNC(=O)c1ccc2c(c1)OCO2. The van der Waals surface area contributed by atoms with E-state index in [2.05, 4.69) is 10.9 Å². The van der Waals surface area contributed by atoms with E-state index in [1.54, 1.807) is 37.5 Å². The van der Waals surface area contributed by atoms with Crippen LogP contribution in [0.5, 0.6) is 17.2 Å². The number of fused-ring (bicyclic) bond motifs is 1. The van der Waals surface area contributed by atoms with Crippen molar-refractivity contribution in [1.29, 1.82) is 0 Å². The molecule has 2 amide bonds. The van der Waals surface area contributed by atoms with Gasteiger partial charge >= 0.3 is 0 Å². The molecule has 0 bridgehead atoms. The number of carbonyl (C=O) groups excluding carboxylic acids is 2. The fourth-order valence-electron chi connectivity index (χ4n) is 2.24. The molecule has 0 radical (unpaired) electrons. The number of hydrazine groups is 1. The van der Waals surface area contributed by atoms with Gasteiger partial charge in [-0.05, 0) is 30.3 Å². The Kier molecular flexibility index (Phi) is 4.84. The van der Waals surface area contributed by atoms with Crippen molar-refractivity contribution in [2.45, 2.75) is 0 Å². The molecule has 128 valence electrons. The van der Waals surface area contributed by atoms with Crippen LogP contribution >= 0.6 is 0 Å². The number of ether oxygens (including phenoxy) is 3. The Labute approximate surface area is 144 Å². The van der Waals surface area contributed by atoms with Crippen molar-refractivity contribution in [2.75, 3.05) is 13.9 Å². The first-order chi connectivity index (χ1) is 12.2. The lowest BCUT2D eigenvalue weighted by atomic mass is 10.2. The highest BCUT2D eigenvalue weighted by atomic mass is 16.7. The molecule has 7 heteroatoms. The second kappa shape index (κ2) is 7.39. The van der Waals surface area contributed by atoms with Crippen molar-refractivity contribution in [3.8, 4) is 17.2 Å². The van der Waals surface area contributed by atoms with Crippen LogP contribution in [-0.4, -0.2) is 25.7 Å². The molecule has 2 N–H and O–H groups in total. The number of hydrogen-bond acceptors (Lipinski definition) is 5. The second-order valence-electron chi connectivity index (χ2n) is 5.09. The van der Waals surface area contributed by atoms with Gasteiger partial charge in [0.05, 0.1) is 7.11 Å². The molecule has 3 rings (SSSR count). The Morgan fingerprint density at radius 2 is 1.88 bits per heavy atom. The molecular formula is C18H16N2O5. The zero-order valence-electron chi connectivity index (χ0n) is 13.4. The number of para-hydroxylation sites is 1. The molecule has 25 heavy (non-hydrogen) atoms. The number of hydrogen-bond donors (Lipinski definition) is 2. The number of methoxy groups -OCH3 is 1. The van der Waals surface area contributed by atoms with Gasteiger partial charge in [0.25, 0.3) is 11.8 Å². The van der Waals surface area contributed by atoms with Crippen molar-refractivity contribution in [3.05, 3.63) is 59.7 Å². The molecule has 0 spiro atoms. The van der Waals surface area contributed by atoms with E-state index in [1.165, 1.54) is 6.08 Å². The van der Waals surface area contributed by atoms with Crippen LogP contribution in [0, 0.1) is 0 Å². The Hall–Kier alpha value is -3.48. The molecule has 0 aliphatic carbocycles. The van der Waals surface area contributed by atoms with E-state index in [0.29, 0.717) is 22.8 Å². The number of benzene rings is 2. The van der Waals surface area contributed by atoms with E-state index in [1.807, 2.05) is 18.2 Å². The van der Waals surface area contributed by atoms with Crippen LogP contribution in [0.2, 0.25) is 0 Å². The Morgan fingerprint density at radius 3 is 2.72 bits per heavy atom. The zero-order valence-corrected chi connectivity index (χ0v) is 13.4. The van der Waals surface area contributed by atoms with E-state index in [-0.39, 0.29) is 6.79 Å². The highest BCUT2D eigenvalue weighted by Crippen LogP contribution is 2.32. The Morgan fingerprint density at radius 1 is 1.08 bits per heavy atom. The lowest BCUT2D eigenvalue weighted by Crippen LogP contribution is -2.40. The van der Waals surface area contributed by atoms with Crippen molar-refractivity contribution in [2.24, 2.45) is 0 Å². The van der Waals surface area contributed by atoms with Gasteiger partial charge < -0.3 is 14.2 Å². The molecule has 0 fully saturated rings. The first-order valence-electron chi connectivity index (χ1n) is 7.48. The summed E-state index contributed by atoms with van der Waals surface area (Å²) in [5, 5.41) is 0. The minimum atomic E-state index is -0.472. The summed E-state index contributed by atoms with van der Waals surface area (Å²) in [6, 6.07) is 12.0. The van der Waals surface area contributed by atoms with E-state index in [9.17, 15) is 9.59 Å². The maximum Gasteiger partial charge on any atom is 0.269 e. The first kappa shape index (κ1) is 16.4. The Bertz CT molecular complexity index is 832. The molecule has 2 aromatic carbocycles. The van der Waals surface area contributed by atoms with E-state index >= 15 is 0 Å². The minimum absolute atomic E-state index is 0.130. The number of nitrogens with one attached hydrogen (secondary N) is 2. The maximum atomic E-state index is 12.1. The van der Waals surface area contributed by atoms with Crippen LogP contribution in [0.4, 0.5) is 0 Å². The monoisotopic (exact) mass is 340 g/mol. The third kappa shape index (κ3) is 3.89. The first-order valence-corrected chi connectivity index (χ1v) is 7.48. The van der Waals surface area contributed by atoms with Gasteiger partial charge in [0.1, 0.15) is 5.75 Å². The summed E-state index contributed by atoms with van der Waals surface area (Å²) >= 11 is 0. The fourth-order valence-corrected chi connectivity index (χ4v) is 2.24. The Balaban J connectivity index is 1.57. The van der Waals surface area contributed by atoms with Gasteiger partial charge in [-0.15, -0.1) is 0 Å². The number of amides is 2. The van der Waals surface area contributed by atoms with Crippen LogP contribution in [0.3, 0.4) is 0 Å². The van der Waals surface area contributed by atoms with Crippen LogP contribution in [0.15, 0.2) is 48.5 Å². The zero-order chi connectivity index (χ0) is 17.6. The van der Waals surface area contributed by atoms with Crippen molar-refractivity contribution in [3.63, 3.8) is 0 Å². The summed E-state index contributed by atoms with van der Waals surface area (Å²) in [7, 11) is 1.55. The molecule has 1 aliphatic rings. The van der Waals surface area contributed by atoms with Gasteiger partial charge in [-0.25, -0.2) is 0 Å². The minimum Gasteiger partial charge on any atom is -0.496 e. The smallest absolute Gasteiger partial charge is 0.269 e. The van der Waals surface area contributed by atoms with E-state index in [4.69, 9.17) is 14.2 Å². The third-order valence-corrected chi connectivity index (χ3v) is 3.49. The number of rotatable bonds is 4. The molecule has 7 nitrogen and oxygen atoms in total. The van der Waals surface area contributed by atoms with Gasteiger partial charge in [0.15, 0.2) is 11.5 Å². The summed E-state index contributed by atoms with van der Waals surface area (Å²) in [5.74, 6) is 0.795. The molecule has 0 saturated heterocycles.